The molecule has 2 saturated heterocycles. The lowest BCUT2D eigenvalue weighted by Gasteiger charge is -2.22. The van der Waals surface area contributed by atoms with E-state index in [0.717, 1.165) is 49.5 Å². The summed E-state index contributed by atoms with van der Waals surface area (Å²) in [5, 5.41) is 3.58. The SMILES string of the molecule is COc1c(C)cccc1C(=O)N1CC2CN(CCC(=O)Nc3ccc(C)c(Cl)c3)CC2C1. The third-order valence-corrected chi connectivity index (χ3v) is 7.01. The summed E-state index contributed by atoms with van der Waals surface area (Å²) >= 11 is 6.14. The molecule has 2 atom stereocenters. The fourth-order valence-corrected chi connectivity index (χ4v) is 5.04. The second kappa shape index (κ2) is 9.51. The Balaban J connectivity index is 1.27. The number of hydrogen-bond acceptors (Lipinski definition) is 4. The van der Waals surface area contributed by atoms with E-state index in [1.54, 1.807) is 13.2 Å². The highest BCUT2D eigenvalue weighted by molar-refractivity contribution is 6.31. The van der Waals surface area contributed by atoms with E-state index in [4.69, 9.17) is 16.3 Å². The van der Waals surface area contributed by atoms with Crippen molar-refractivity contribution in [3.8, 4) is 5.75 Å². The van der Waals surface area contributed by atoms with E-state index in [9.17, 15) is 9.59 Å². The van der Waals surface area contributed by atoms with Gasteiger partial charge < -0.3 is 19.9 Å². The molecule has 170 valence electrons. The molecular formula is C25H30ClN3O3. The van der Waals surface area contributed by atoms with Crippen LogP contribution >= 0.6 is 11.6 Å². The van der Waals surface area contributed by atoms with Gasteiger partial charge in [-0.2, -0.15) is 0 Å². The number of carbonyl (C=O) groups is 2. The van der Waals surface area contributed by atoms with Crippen molar-refractivity contribution < 1.29 is 14.3 Å². The zero-order valence-electron chi connectivity index (χ0n) is 18.9. The molecule has 0 spiro atoms. The van der Waals surface area contributed by atoms with Crippen LogP contribution in [0.15, 0.2) is 36.4 Å². The number of nitrogens with one attached hydrogen (secondary N) is 1. The summed E-state index contributed by atoms with van der Waals surface area (Å²) in [4.78, 5) is 29.7. The number of anilines is 1. The number of benzene rings is 2. The summed E-state index contributed by atoms with van der Waals surface area (Å²) in [7, 11) is 1.61. The van der Waals surface area contributed by atoms with Crippen LogP contribution in [-0.2, 0) is 4.79 Å². The summed E-state index contributed by atoms with van der Waals surface area (Å²) in [5.74, 6) is 1.60. The molecule has 2 fully saturated rings. The first-order chi connectivity index (χ1) is 15.4. The minimum atomic E-state index is -0.00896. The first-order valence-corrected chi connectivity index (χ1v) is 11.4. The number of nitrogens with zero attached hydrogens (tertiary/aromatic N) is 2. The van der Waals surface area contributed by atoms with Crippen molar-refractivity contribution in [1.29, 1.82) is 0 Å². The van der Waals surface area contributed by atoms with Crippen molar-refractivity contribution in [1.82, 2.24) is 9.80 Å². The third kappa shape index (κ3) is 4.76. The van der Waals surface area contributed by atoms with E-state index in [1.165, 1.54) is 0 Å². The lowest BCUT2D eigenvalue weighted by molar-refractivity contribution is -0.116. The highest BCUT2D eigenvalue weighted by Crippen LogP contribution is 2.33. The van der Waals surface area contributed by atoms with Gasteiger partial charge in [0, 0.05) is 49.9 Å². The number of likely N-dealkylation sites (tertiary alicyclic amines) is 2. The van der Waals surface area contributed by atoms with Gasteiger partial charge in [0.1, 0.15) is 5.75 Å². The van der Waals surface area contributed by atoms with Crippen LogP contribution in [-0.4, -0.2) is 61.4 Å². The number of amides is 2. The molecule has 2 aliphatic heterocycles. The summed E-state index contributed by atoms with van der Waals surface area (Å²) in [6.07, 6.45) is 0.439. The topological polar surface area (TPSA) is 61.9 Å². The van der Waals surface area contributed by atoms with Crippen LogP contribution in [0.5, 0.6) is 5.75 Å². The molecule has 6 nitrogen and oxygen atoms in total. The van der Waals surface area contributed by atoms with E-state index in [0.29, 0.717) is 34.6 Å². The molecule has 32 heavy (non-hydrogen) atoms. The number of halogens is 1. The zero-order chi connectivity index (χ0) is 22.8. The highest BCUT2D eigenvalue weighted by atomic mass is 35.5. The Hall–Kier alpha value is -2.57. The molecular weight excluding hydrogens is 426 g/mol. The lowest BCUT2D eigenvalue weighted by Crippen LogP contribution is -2.34. The molecule has 0 aromatic heterocycles. The van der Waals surface area contributed by atoms with E-state index < -0.39 is 0 Å². The Labute approximate surface area is 194 Å². The number of fused-ring (bicyclic) bond motifs is 1. The first kappa shape index (κ1) is 22.6. The summed E-state index contributed by atoms with van der Waals surface area (Å²) < 4.78 is 5.48. The predicted molar refractivity (Wildman–Crippen MR) is 126 cm³/mol. The summed E-state index contributed by atoms with van der Waals surface area (Å²) in [5.41, 5.74) is 3.32. The van der Waals surface area contributed by atoms with Crippen molar-refractivity contribution in [3.05, 3.63) is 58.1 Å². The van der Waals surface area contributed by atoms with Gasteiger partial charge in [0.25, 0.3) is 5.91 Å². The molecule has 4 rings (SSSR count). The van der Waals surface area contributed by atoms with E-state index in [2.05, 4.69) is 10.2 Å². The second-order valence-electron chi connectivity index (χ2n) is 8.91. The molecule has 1 N–H and O–H groups in total. The molecule has 2 aromatic carbocycles. The van der Waals surface area contributed by atoms with Gasteiger partial charge in [0.05, 0.1) is 12.7 Å². The van der Waals surface area contributed by atoms with Gasteiger partial charge in [-0.15, -0.1) is 0 Å². The van der Waals surface area contributed by atoms with Gasteiger partial charge in [-0.05, 0) is 55.0 Å². The van der Waals surface area contributed by atoms with E-state index in [1.807, 2.05) is 49.1 Å². The third-order valence-electron chi connectivity index (χ3n) is 6.61. The summed E-state index contributed by atoms with van der Waals surface area (Å²) in [6.45, 7) is 7.96. The van der Waals surface area contributed by atoms with Crippen molar-refractivity contribution >= 4 is 29.1 Å². The smallest absolute Gasteiger partial charge is 0.257 e. The second-order valence-corrected chi connectivity index (χ2v) is 9.31. The van der Waals surface area contributed by atoms with Gasteiger partial charge in [-0.3, -0.25) is 9.59 Å². The normalized spacial score (nSPS) is 20.3. The van der Waals surface area contributed by atoms with Crippen molar-refractivity contribution in [3.63, 3.8) is 0 Å². The maximum absolute atomic E-state index is 13.1. The Bertz CT molecular complexity index is 1010. The molecule has 2 amide bonds. The van der Waals surface area contributed by atoms with Crippen molar-refractivity contribution in [2.24, 2.45) is 11.8 Å². The largest absolute Gasteiger partial charge is 0.496 e. The Morgan fingerprint density at radius 1 is 1.06 bits per heavy atom. The molecule has 0 bridgehead atoms. The highest BCUT2D eigenvalue weighted by Gasteiger charge is 2.42. The van der Waals surface area contributed by atoms with Crippen molar-refractivity contribution in [2.45, 2.75) is 20.3 Å². The Morgan fingerprint density at radius 2 is 1.78 bits per heavy atom. The Kier molecular flexibility index (Phi) is 6.72. The van der Waals surface area contributed by atoms with E-state index >= 15 is 0 Å². The molecule has 2 aromatic rings. The monoisotopic (exact) mass is 455 g/mol. The fraction of sp³-hybridized carbons (Fsp3) is 0.440. The standard InChI is InChI=1S/C25H30ClN3O3/c1-16-7-8-20(11-22(16)26)27-23(30)9-10-28-12-18-14-29(15-19(18)13-28)25(31)21-6-4-5-17(2)24(21)32-3/h4-8,11,18-19H,9-10,12-15H2,1-3H3,(H,27,30). The fourth-order valence-electron chi connectivity index (χ4n) is 4.85. The molecule has 0 saturated carbocycles. The van der Waals surface area contributed by atoms with E-state index in [-0.39, 0.29) is 11.8 Å². The number of para-hydroxylation sites is 1. The van der Waals surface area contributed by atoms with Gasteiger partial charge in [0.15, 0.2) is 0 Å². The molecule has 2 heterocycles. The maximum Gasteiger partial charge on any atom is 0.257 e. The molecule has 2 unspecified atom stereocenters. The van der Waals surface area contributed by atoms with Crippen molar-refractivity contribution in [2.75, 3.05) is 45.2 Å². The Morgan fingerprint density at radius 3 is 2.44 bits per heavy atom. The molecule has 0 aliphatic carbocycles. The van der Waals surface area contributed by atoms with Crippen LogP contribution in [0.1, 0.15) is 27.9 Å². The van der Waals surface area contributed by atoms with Gasteiger partial charge in [-0.1, -0.05) is 29.8 Å². The molecule has 0 radical (unpaired) electrons. The first-order valence-electron chi connectivity index (χ1n) is 11.1. The quantitative estimate of drug-likeness (QED) is 0.715. The van der Waals surface area contributed by atoms with Gasteiger partial charge in [-0.25, -0.2) is 0 Å². The van der Waals surface area contributed by atoms with Crippen LogP contribution < -0.4 is 10.1 Å². The molecule has 2 aliphatic rings. The van der Waals surface area contributed by atoms with Crippen LogP contribution in [0, 0.1) is 25.7 Å². The number of aryl methyl sites for hydroxylation is 2. The minimum Gasteiger partial charge on any atom is -0.496 e. The lowest BCUT2D eigenvalue weighted by atomic mass is 10.0. The van der Waals surface area contributed by atoms with Crippen LogP contribution in [0.25, 0.3) is 0 Å². The van der Waals surface area contributed by atoms with Gasteiger partial charge in [0.2, 0.25) is 5.91 Å². The molecule has 7 heteroatoms. The maximum atomic E-state index is 13.1. The van der Waals surface area contributed by atoms with Crippen LogP contribution in [0.4, 0.5) is 5.69 Å². The number of hydrogen-bond donors (Lipinski definition) is 1. The number of methoxy groups -OCH3 is 1. The zero-order valence-corrected chi connectivity index (χ0v) is 19.6. The average Bonchev–Trinajstić information content (AvgIpc) is 3.33. The number of ether oxygens (including phenoxy) is 1. The average molecular weight is 456 g/mol. The summed E-state index contributed by atoms with van der Waals surface area (Å²) in [6, 6.07) is 11.3. The number of rotatable bonds is 6. The van der Waals surface area contributed by atoms with Crippen LogP contribution in [0.3, 0.4) is 0 Å². The predicted octanol–water partition coefficient (Wildman–Crippen LogP) is 4.00. The van der Waals surface area contributed by atoms with Gasteiger partial charge >= 0.3 is 0 Å². The minimum absolute atomic E-state index is 0.00896. The van der Waals surface area contributed by atoms with Crippen LogP contribution in [0.2, 0.25) is 5.02 Å². The number of carbonyl (C=O) groups excluding carboxylic acids is 2.